The molecule has 0 spiro atoms. The molecule has 0 aromatic carbocycles. The van der Waals surface area contributed by atoms with Gasteiger partial charge in [0.2, 0.25) is 0 Å². The zero-order chi connectivity index (χ0) is 45.8. The number of carbonyl (C=O) groups is 3. The number of rotatable bonds is 50. The molecule has 0 N–H and O–H groups in total. The van der Waals surface area contributed by atoms with Gasteiger partial charge in [0.25, 0.3) is 0 Å². The van der Waals surface area contributed by atoms with Crippen LogP contribution in [0.3, 0.4) is 0 Å². The van der Waals surface area contributed by atoms with Crippen LogP contribution >= 0.6 is 0 Å². The van der Waals surface area contributed by atoms with Crippen molar-refractivity contribution >= 4 is 17.9 Å². The van der Waals surface area contributed by atoms with Gasteiger partial charge in [-0.05, 0) is 70.6 Å². The van der Waals surface area contributed by atoms with Gasteiger partial charge in [0, 0.05) is 19.3 Å². The highest BCUT2D eigenvalue weighted by Crippen LogP contribution is 2.16. The molecule has 0 amide bonds. The highest BCUT2D eigenvalue weighted by molar-refractivity contribution is 5.71. The van der Waals surface area contributed by atoms with E-state index in [0.717, 1.165) is 77.0 Å². The molecular weight excluding hydrogens is 781 g/mol. The van der Waals surface area contributed by atoms with Gasteiger partial charge in [0.05, 0.1) is 0 Å². The van der Waals surface area contributed by atoms with Crippen molar-refractivity contribution in [1.29, 1.82) is 0 Å². The Morgan fingerprint density at radius 3 is 0.952 bits per heavy atom. The zero-order valence-electron chi connectivity index (χ0n) is 42.1. The summed E-state index contributed by atoms with van der Waals surface area (Å²) in [5, 5.41) is 0. The minimum absolute atomic E-state index is 0.0751. The van der Waals surface area contributed by atoms with Crippen molar-refractivity contribution in [2.75, 3.05) is 13.2 Å². The number of allylic oxidation sites excluding steroid dienone is 6. The van der Waals surface area contributed by atoms with Gasteiger partial charge in [0.15, 0.2) is 6.10 Å². The second-order valence-corrected chi connectivity index (χ2v) is 18.5. The Balaban J connectivity index is 4.36. The summed E-state index contributed by atoms with van der Waals surface area (Å²) in [5.41, 5.74) is 0. The van der Waals surface area contributed by atoms with Crippen molar-refractivity contribution in [3.8, 4) is 0 Å². The van der Waals surface area contributed by atoms with E-state index in [1.54, 1.807) is 0 Å². The molecular formula is C57H104O6. The highest BCUT2D eigenvalue weighted by atomic mass is 16.6. The summed E-state index contributed by atoms with van der Waals surface area (Å²) in [7, 11) is 0. The Labute approximate surface area is 391 Å². The van der Waals surface area contributed by atoms with Crippen LogP contribution in [0.4, 0.5) is 0 Å². The predicted octanol–water partition coefficient (Wildman–Crippen LogP) is 18.1. The predicted molar refractivity (Wildman–Crippen MR) is 270 cm³/mol. The summed E-state index contributed by atoms with van der Waals surface area (Å²) in [6, 6.07) is 0. The van der Waals surface area contributed by atoms with Gasteiger partial charge in [-0.15, -0.1) is 0 Å². The molecule has 0 heterocycles. The zero-order valence-corrected chi connectivity index (χ0v) is 42.1. The third-order valence-corrected chi connectivity index (χ3v) is 12.1. The Morgan fingerprint density at radius 2 is 0.587 bits per heavy atom. The topological polar surface area (TPSA) is 78.9 Å². The Hall–Kier alpha value is -2.37. The quantitative estimate of drug-likeness (QED) is 0.0262. The first-order valence-electron chi connectivity index (χ1n) is 27.5. The molecule has 1 atom stereocenters. The summed E-state index contributed by atoms with van der Waals surface area (Å²) in [4.78, 5) is 38.1. The van der Waals surface area contributed by atoms with Crippen LogP contribution in [-0.2, 0) is 28.6 Å². The van der Waals surface area contributed by atoms with Crippen molar-refractivity contribution < 1.29 is 28.6 Å². The lowest BCUT2D eigenvalue weighted by Crippen LogP contribution is -2.30. The number of unbranched alkanes of at least 4 members (excludes halogenated alkanes) is 33. The molecule has 0 aliphatic rings. The van der Waals surface area contributed by atoms with Crippen molar-refractivity contribution in [2.45, 2.75) is 297 Å². The maximum absolute atomic E-state index is 12.8. The third kappa shape index (κ3) is 50.5. The van der Waals surface area contributed by atoms with Crippen molar-refractivity contribution in [3.63, 3.8) is 0 Å². The minimum atomic E-state index is -0.776. The largest absolute Gasteiger partial charge is 0.462 e. The monoisotopic (exact) mass is 885 g/mol. The highest BCUT2D eigenvalue weighted by Gasteiger charge is 2.19. The van der Waals surface area contributed by atoms with Crippen LogP contribution in [0.1, 0.15) is 290 Å². The summed E-state index contributed by atoms with van der Waals surface area (Å²) in [5.74, 6) is -0.880. The lowest BCUT2D eigenvalue weighted by atomic mass is 10.0. The number of carbonyl (C=O) groups excluding carboxylic acids is 3. The van der Waals surface area contributed by atoms with E-state index in [2.05, 4.69) is 57.2 Å². The van der Waals surface area contributed by atoms with Crippen molar-refractivity contribution in [3.05, 3.63) is 36.5 Å². The molecule has 0 aromatic rings. The van der Waals surface area contributed by atoms with E-state index >= 15 is 0 Å². The van der Waals surface area contributed by atoms with Crippen LogP contribution < -0.4 is 0 Å². The van der Waals surface area contributed by atoms with Gasteiger partial charge >= 0.3 is 17.9 Å². The smallest absolute Gasteiger partial charge is 0.306 e. The first kappa shape index (κ1) is 60.6. The second kappa shape index (κ2) is 52.3. The van der Waals surface area contributed by atoms with Gasteiger partial charge < -0.3 is 14.2 Å². The van der Waals surface area contributed by atoms with Crippen LogP contribution in [-0.4, -0.2) is 37.2 Å². The van der Waals surface area contributed by atoms with Crippen LogP contribution in [0.15, 0.2) is 36.5 Å². The molecule has 0 unspecified atom stereocenters. The van der Waals surface area contributed by atoms with Crippen LogP contribution in [0.2, 0.25) is 0 Å². The fourth-order valence-electron chi connectivity index (χ4n) is 7.93. The van der Waals surface area contributed by atoms with Gasteiger partial charge in [-0.2, -0.15) is 0 Å². The summed E-state index contributed by atoms with van der Waals surface area (Å²) in [6.07, 6.45) is 61.2. The third-order valence-electron chi connectivity index (χ3n) is 12.1. The lowest BCUT2D eigenvalue weighted by molar-refractivity contribution is -0.167. The van der Waals surface area contributed by atoms with E-state index in [9.17, 15) is 14.4 Å². The SMILES string of the molecule is CCCC/C=C/C/C=C/CCCCCCCC(=O)OC[C@H](COC(=O)CCCCCCCCCCCCCCCCCC)OC(=O)CCCCCCCCC/C=C/CCCCCC. The molecule has 0 rings (SSSR count). The number of hydrogen-bond acceptors (Lipinski definition) is 6. The van der Waals surface area contributed by atoms with Crippen LogP contribution in [0.5, 0.6) is 0 Å². The van der Waals surface area contributed by atoms with Crippen molar-refractivity contribution in [1.82, 2.24) is 0 Å². The Morgan fingerprint density at radius 1 is 0.317 bits per heavy atom. The number of ether oxygens (including phenoxy) is 3. The van der Waals surface area contributed by atoms with Gasteiger partial charge in [-0.1, -0.05) is 237 Å². The number of esters is 3. The maximum Gasteiger partial charge on any atom is 0.306 e. The minimum Gasteiger partial charge on any atom is -0.462 e. The van der Waals surface area contributed by atoms with Crippen LogP contribution in [0, 0.1) is 0 Å². The molecule has 6 nitrogen and oxygen atoms in total. The van der Waals surface area contributed by atoms with Gasteiger partial charge in [-0.25, -0.2) is 0 Å². The molecule has 0 bridgehead atoms. The molecule has 0 saturated carbocycles. The average Bonchev–Trinajstić information content (AvgIpc) is 3.28. The van der Waals surface area contributed by atoms with E-state index in [1.165, 1.54) is 173 Å². The molecule has 368 valence electrons. The second-order valence-electron chi connectivity index (χ2n) is 18.5. The lowest BCUT2D eigenvalue weighted by Gasteiger charge is -2.18. The van der Waals surface area contributed by atoms with E-state index in [0.29, 0.717) is 19.3 Å². The first-order chi connectivity index (χ1) is 31.0. The van der Waals surface area contributed by atoms with Gasteiger partial charge in [0.1, 0.15) is 13.2 Å². The normalized spacial score (nSPS) is 12.2. The summed E-state index contributed by atoms with van der Waals surface area (Å²) >= 11 is 0. The van der Waals surface area contributed by atoms with E-state index in [-0.39, 0.29) is 31.1 Å². The van der Waals surface area contributed by atoms with Crippen molar-refractivity contribution in [2.24, 2.45) is 0 Å². The molecule has 63 heavy (non-hydrogen) atoms. The number of hydrogen-bond donors (Lipinski definition) is 0. The molecule has 0 aliphatic carbocycles. The van der Waals surface area contributed by atoms with E-state index < -0.39 is 6.10 Å². The molecule has 0 saturated heterocycles. The standard InChI is InChI=1S/C57H104O6/c1-4-7-10-13-16-19-22-25-28-30-32-35-38-41-44-47-50-56(59)62-53-54(52-61-55(58)49-46-43-40-37-34-31-27-24-21-18-15-12-9-6-3)63-57(60)51-48-45-42-39-36-33-29-26-23-20-17-14-11-8-5-2/h15,18,20,23-24,27,54H,4-14,16-17,19,21-22,25-26,28-53H2,1-3H3/b18-15+,23-20+,27-24+/t54-/m1/s1. The van der Waals surface area contributed by atoms with E-state index in [1.807, 2.05) is 0 Å². The fraction of sp³-hybridized carbons (Fsp3) is 0.842. The Kier molecular flexibility index (Phi) is 50.3. The summed E-state index contributed by atoms with van der Waals surface area (Å²) < 4.78 is 16.8. The first-order valence-corrected chi connectivity index (χ1v) is 27.5. The van der Waals surface area contributed by atoms with Crippen LogP contribution in [0.25, 0.3) is 0 Å². The molecule has 0 radical (unpaired) electrons. The van der Waals surface area contributed by atoms with E-state index in [4.69, 9.17) is 14.2 Å². The fourth-order valence-corrected chi connectivity index (χ4v) is 7.93. The van der Waals surface area contributed by atoms with Gasteiger partial charge in [-0.3, -0.25) is 14.4 Å². The summed E-state index contributed by atoms with van der Waals surface area (Å²) in [6.45, 7) is 6.60. The maximum atomic E-state index is 12.8. The molecule has 0 aliphatic heterocycles. The average molecular weight is 885 g/mol. The Bertz CT molecular complexity index is 1060. The molecule has 0 fully saturated rings. The molecule has 6 heteroatoms. The molecule has 0 aromatic heterocycles.